The molecule has 34 heavy (non-hydrogen) atoms. The van der Waals surface area contributed by atoms with Crippen LogP contribution < -0.4 is 10.1 Å². The molecule has 2 aromatic carbocycles. The summed E-state index contributed by atoms with van der Waals surface area (Å²) in [5.74, 6) is 1.66. The van der Waals surface area contributed by atoms with Gasteiger partial charge in [-0.05, 0) is 44.9 Å². The molecule has 0 aliphatic heterocycles. The lowest BCUT2D eigenvalue weighted by Gasteiger charge is -2.11. The summed E-state index contributed by atoms with van der Waals surface area (Å²) in [5, 5.41) is 12.8. The maximum Gasteiger partial charge on any atom is 0.236 e. The number of thiazole rings is 1. The molecule has 0 fully saturated rings. The lowest BCUT2D eigenvalue weighted by atomic mass is 10.1. The number of aryl methyl sites for hydroxylation is 2. The van der Waals surface area contributed by atoms with Crippen LogP contribution in [0.15, 0.2) is 53.7 Å². The Bertz CT molecular complexity index is 1280. The number of nitrogens with zero attached hydrogens (tertiary/aromatic N) is 4. The Kier molecular flexibility index (Phi) is 7.64. The van der Waals surface area contributed by atoms with Crippen LogP contribution in [0, 0.1) is 20.8 Å². The van der Waals surface area contributed by atoms with Gasteiger partial charge in [0.15, 0.2) is 16.1 Å². The highest BCUT2D eigenvalue weighted by atomic mass is 32.2. The van der Waals surface area contributed by atoms with E-state index < -0.39 is 0 Å². The molecule has 9 heteroatoms. The number of aromatic nitrogens is 4. The van der Waals surface area contributed by atoms with Crippen LogP contribution >= 0.6 is 23.1 Å². The number of hydrogen-bond donors (Lipinski definition) is 1. The van der Waals surface area contributed by atoms with Crippen molar-refractivity contribution in [1.29, 1.82) is 0 Å². The van der Waals surface area contributed by atoms with Crippen molar-refractivity contribution in [3.63, 3.8) is 0 Å². The molecule has 0 aliphatic carbocycles. The van der Waals surface area contributed by atoms with Crippen LogP contribution in [0.4, 0.5) is 5.13 Å². The summed E-state index contributed by atoms with van der Waals surface area (Å²) < 4.78 is 7.97. The van der Waals surface area contributed by atoms with E-state index in [1.807, 2.05) is 67.8 Å². The van der Waals surface area contributed by atoms with Crippen molar-refractivity contribution in [3.05, 3.63) is 70.4 Å². The number of rotatable bonds is 9. The molecular weight excluding hydrogens is 466 g/mol. The van der Waals surface area contributed by atoms with E-state index in [9.17, 15) is 4.79 Å². The van der Waals surface area contributed by atoms with Crippen molar-refractivity contribution in [2.75, 3.05) is 11.1 Å². The van der Waals surface area contributed by atoms with Gasteiger partial charge in [0.25, 0.3) is 0 Å². The van der Waals surface area contributed by atoms with E-state index in [2.05, 4.69) is 33.5 Å². The minimum absolute atomic E-state index is 0.128. The molecule has 0 bridgehead atoms. The maximum absolute atomic E-state index is 12.6. The lowest BCUT2D eigenvalue weighted by Crippen LogP contribution is -2.14. The monoisotopic (exact) mass is 493 g/mol. The van der Waals surface area contributed by atoms with Crippen LogP contribution in [0.1, 0.15) is 28.8 Å². The van der Waals surface area contributed by atoms with Gasteiger partial charge in [0.1, 0.15) is 12.4 Å². The third-order valence-corrected chi connectivity index (χ3v) is 7.30. The van der Waals surface area contributed by atoms with E-state index in [1.54, 1.807) is 0 Å². The van der Waals surface area contributed by atoms with E-state index in [0.29, 0.717) is 23.4 Å². The summed E-state index contributed by atoms with van der Waals surface area (Å²) in [6.07, 6.45) is 0. The second kappa shape index (κ2) is 10.8. The third kappa shape index (κ3) is 5.48. The Morgan fingerprint density at radius 3 is 2.65 bits per heavy atom. The molecule has 0 saturated carbocycles. The number of benzene rings is 2. The summed E-state index contributed by atoms with van der Waals surface area (Å²) in [5.41, 5.74) is 4.23. The Labute approximate surface area is 207 Å². The Morgan fingerprint density at radius 1 is 1.09 bits per heavy atom. The van der Waals surface area contributed by atoms with Crippen LogP contribution in [0.2, 0.25) is 0 Å². The molecule has 0 aliphatic rings. The fraction of sp³-hybridized carbons (Fsp3) is 0.280. The van der Waals surface area contributed by atoms with E-state index in [4.69, 9.17) is 4.74 Å². The molecule has 0 spiro atoms. The predicted molar refractivity (Wildman–Crippen MR) is 138 cm³/mol. The van der Waals surface area contributed by atoms with E-state index >= 15 is 0 Å². The van der Waals surface area contributed by atoms with Crippen molar-refractivity contribution < 1.29 is 9.53 Å². The van der Waals surface area contributed by atoms with Crippen molar-refractivity contribution in [2.45, 2.75) is 46.0 Å². The lowest BCUT2D eigenvalue weighted by molar-refractivity contribution is -0.113. The zero-order valence-corrected chi connectivity index (χ0v) is 21.3. The number of thioether (sulfide) groups is 1. The largest absolute Gasteiger partial charge is 0.485 e. The SMILES string of the molecule is CCn1c(COc2cccc(C)c2C)nnc1SCC(=O)Nc1nc(-c2ccccc2)c(C)s1. The predicted octanol–water partition coefficient (Wildman–Crippen LogP) is 5.66. The standard InChI is InChI=1S/C25H27N5O2S2/c1-5-30-21(14-32-20-13-9-10-16(2)17(20)3)28-29-25(30)33-15-22(31)26-24-27-23(18(4)34-24)19-11-7-6-8-12-19/h6-13H,5,14-15H2,1-4H3,(H,26,27,31). The molecule has 2 heterocycles. The first-order valence-corrected chi connectivity index (χ1v) is 12.8. The first kappa shape index (κ1) is 24.0. The molecule has 4 rings (SSSR count). The fourth-order valence-electron chi connectivity index (χ4n) is 3.47. The summed E-state index contributed by atoms with van der Waals surface area (Å²) in [6, 6.07) is 16.0. The van der Waals surface area contributed by atoms with Crippen LogP contribution in [0.25, 0.3) is 11.3 Å². The Hall–Kier alpha value is -3.17. The second-order valence-electron chi connectivity index (χ2n) is 7.76. The molecular formula is C25H27N5O2S2. The van der Waals surface area contributed by atoms with Crippen LogP contribution in [0.5, 0.6) is 5.75 Å². The minimum atomic E-state index is -0.128. The van der Waals surface area contributed by atoms with Gasteiger partial charge in [0.05, 0.1) is 11.4 Å². The molecule has 176 valence electrons. The first-order valence-electron chi connectivity index (χ1n) is 11.0. The minimum Gasteiger partial charge on any atom is -0.485 e. The molecule has 4 aromatic rings. The highest BCUT2D eigenvalue weighted by Gasteiger charge is 2.16. The van der Waals surface area contributed by atoms with Crippen molar-refractivity contribution in [1.82, 2.24) is 19.7 Å². The fourth-order valence-corrected chi connectivity index (χ4v) is 5.15. The van der Waals surface area contributed by atoms with Gasteiger partial charge >= 0.3 is 0 Å². The topological polar surface area (TPSA) is 81.9 Å². The van der Waals surface area contributed by atoms with Gasteiger partial charge in [-0.25, -0.2) is 4.98 Å². The van der Waals surface area contributed by atoms with Crippen LogP contribution in [-0.4, -0.2) is 31.4 Å². The zero-order chi connectivity index (χ0) is 24.1. The van der Waals surface area contributed by atoms with Gasteiger partial charge in [-0.3, -0.25) is 4.79 Å². The Morgan fingerprint density at radius 2 is 1.88 bits per heavy atom. The number of ether oxygens (including phenoxy) is 1. The van der Waals surface area contributed by atoms with E-state index in [-0.39, 0.29) is 11.7 Å². The van der Waals surface area contributed by atoms with Gasteiger partial charge in [0, 0.05) is 17.0 Å². The molecule has 0 radical (unpaired) electrons. The normalized spacial score (nSPS) is 10.9. The summed E-state index contributed by atoms with van der Waals surface area (Å²) in [4.78, 5) is 18.3. The number of carbonyl (C=O) groups excluding carboxylic acids is 1. The molecule has 0 unspecified atom stereocenters. The quantitative estimate of drug-likeness (QED) is 0.303. The van der Waals surface area contributed by atoms with Gasteiger partial charge in [-0.15, -0.1) is 21.5 Å². The highest BCUT2D eigenvalue weighted by Crippen LogP contribution is 2.30. The van der Waals surface area contributed by atoms with Crippen molar-refractivity contribution >= 4 is 34.1 Å². The molecule has 2 aromatic heterocycles. The Balaban J connectivity index is 1.36. The van der Waals surface area contributed by atoms with E-state index in [1.165, 1.54) is 28.7 Å². The van der Waals surface area contributed by atoms with Gasteiger partial charge in [-0.2, -0.15) is 0 Å². The van der Waals surface area contributed by atoms with Gasteiger partial charge in [0.2, 0.25) is 5.91 Å². The zero-order valence-electron chi connectivity index (χ0n) is 19.7. The highest BCUT2D eigenvalue weighted by molar-refractivity contribution is 7.99. The summed E-state index contributed by atoms with van der Waals surface area (Å²) >= 11 is 2.83. The first-order chi connectivity index (χ1) is 16.5. The number of hydrogen-bond acceptors (Lipinski definition) is 7. The average Bonchev–Trinajstić information content (AvgIpc) is 3.41. The number of nitrogens with one attached hydrogen (secondary N) is 1. The summed E-state index contributed by atoms with van der Waals surface area (Å²) in [6.45, 7) is 9.15. The van der Waals surface area contributed by atoms with Crippen molar-refractivity contribution in [2.24, 2.45) is 0 Å². The average molecular weight is 494 g/mol. The van der Waals surface area contributed by atoms with Gasteiger partial charge in [-0.1, -0.05) is 54.2 Å². The van der Waals surface area contributed by atoms with Crippen molar-refractivity contribution in [3.8, 4) is 17.0 Å². The smallest absolute Gasteiger partial charge is 0.236 e. The molecule has 1 amide bonds. The summed E-state index contributed by atoms with van der Waals surface area (Å²) in [7, 11) is 0. The van der Waals surface area contributed by atoms with Crippen LogP contribution in [0.3, 0.4) is 0 Å². The van der Waals surface area contributed by atoms with E-state index in [0.717, 1.165) is 33.3 Å². The molecule has 0 atom stereocenters. The third-order valence-electron chi connectivity index (χ3n) is 5.44. The van der Waals surface area contributed by atoms with Gasteiger partial charge < -0.3 is 14.6 Å². The second-order valence-corrected chi connectivity index (χ2v) is 9.90. The molecule has 7 nitrogen and oxygen atoms in total. The van der Waals surface area contributed by atoms with Crippen LogP contribution in [-0.2, 0) is 17.9 Å². The molecule has 1 N–H and O–H groups in total. The number of anilines is 1. The maximum atomic E-state index is 12.6. The number of amides is 1. The molecule has 0 saturated heterocycles. The number of carbonyl (C=O) groups is 1.